The summed E-state index contributed by atoms with van der Waals surface area (Å²) in [5, 5.41) is 12.7. The van der Waals surface area contributed by atoms with Gasteiger partial charge in [0.1, 0.15) is 12.3 Å². The number of hydrogen-bond acceptors (Lipinski definition) is 5. The minimum atomic E-state index is -0.197. The number of ketones is 1. The standard InChI is InChI=1S/C25H29NO5/c1-3-5-11-26(12-6-4-2)15-19-20(27)9-8-18-24(28)23(31-25(18)19)14-17-7-10-21-22(13-17)30-16-29-21/h7-10,13-14,27H,3-6,11-12,15-16H2,1-2H3. The molecule has 2 aliphatic rings. The molecule has 0 unspecified atom stereocenters. The summed E-state index contributed by atoms with van der Waals surface area (Å²) in [6.45, 7) is 7.13. The quantitative estimate of drug-likeness (QED) is 0.628. The van der Waals surface area contributed by atoms with Crippen LogP contribution in [0.25, 0.3) is 6.08 Å². The van der Waals surface area contributed by atoms with Crippen LogP contribution in [0.1, 0.15) is 61.0 Å². The van der Waals surface area contributed by atoms with E-state index in [4.69, 9.17) is 14.2 Å². The Labute approximate surface area is 183 Å². The molecule has 4 rings (SSSR count). The Balaban J connectivity index is 1.60. The van der Waals surface area contributed by atoms with Gasteiger partial charge in [-0.05, 0) is 42.7 Å². The van der Waals surface area contributed by atoms with Crippen LogP contribution in [-0.2, 0) is 6.54 Å². The first-order valence-corrected chi connectivity index (χ1v) is 11.1. The van der Waals surface area contributed by atoms with Gasteiger partial charge >= 0.3 is 0 Å². The van der Waals surface area contributed by atoms with Gasteiger partial charge < -0.3 is 24.2 Å². The number of benzene rings is 2. The van der Waals surface area contributed by atoms with Crippen molar-refractivity contribution in [1.29, 1.82) is 0 Å². The summed E-state index contributed by atoms with van der Waals surface area (Å²) in [7, 11) is 0. The third-order valence-electron chi connectivity index (χ3n) is 5.79. The number of carbonyl (C=O) groups excluding carboxylic acids is 1. The summed E-state index contributed by atoms with van der Waals surface area (Å²) >= 11 is 0. The molecule has 0 atom stereocenters. The van der Waals surface area contributed by atoms with E-state index >= 15 is 0 Å². The fourth-order valence-corrected chi connectivity index (χ4v) is 4.02. The van der Waals surface area contributed by atoms with E-state index in [0.29, 0.717) is 34.9 Å². The Kier molecular flexibility index (Phi) is 6.47. The highest BCUT2D eigenvalue weighted by Gasteiger charge is 2.31. The van der Waals surface area contributed by atoms with E-state index in [1.807, 2.05) is 18.2 Å². The zero-order chi connectivity index (χ0) is 21.8. The summed E-state index contributed by atoms with van der Waals surface area (Å²) in [5.41, 5.74) is 1.84. The minimum Gasteiger partial charge on any atom is -0.872 e. The molecule has 0 fully saturated rings. The van der Waals surface area contributed by atoms with Gasteiger partial charge in [-0.1, -0.05) is 44.6 Å². The Bertz CT molecular complexity index is 990. The van der Waals surface area contributed by atoms with Gasteiger partial charge in [0.25, 0.3) is 0 Å². The molecule has 0 bridgehead atoms. The van der Waals surface area contributed by atoms with E-state index in [0.717, 1.165) is 44.3 Å². The first-order chi connectivity index (χ1) is 15.1. The molecular formula is C25H29NO5. The number of ether oxygens (including phenoxy) is 3. The van der Waals surface area contributed by atoms with Crippen molar-refractivity contribution in [2.45, 2.75) is 46.1 Å². The number of rotatable bonds is 9. The highest BCUT2D eigenvalue weighted by molar-refractivity contribution is 6.15. The summed E-state index contributed by atoms with van der Waals surface area (Å²) < 4.78 is 16.7. The fraction of sp³-hybridized carbons (Fsp3) is 0.400. The van der Waals surface area contributed by atoms with E-state index in [9.17, 15) is 9.90 Å². The van der Waals surface area contributed by atoms with Gasteiger partial charge in [-0.25, -0.2) is 0 Å². The van der Waals surface area contributed by atoms with E-state index in [1.165, 1.54) is 11.0 Å². The van der Waals surface area contributed by atoms with Crippen molar-refractivity contribution in [1.82, 2.24) is 0 Å². The molecule has 2 aliphatic heterocycles. The second-order valence-corrected chi connectivity index (χ2v) is 8.11. The van der Waals surface area contributed by atoms with E-state index in [-0.39, 0.29) is 24.1 Å². The second-order valence-electron chi connectivity index (χ2n) is 8.11. The lowest BCUT2D eigenvalue weighted by Crippen LogP contribution is -3.10. The molecule has 1 N–H and O–H groups in total. The fourth-order valence-electron chi connectivity index (χ4n) is 4.02. The Hall–Kier alpha value is -2.99. The molecule has 0 aliphatic carbocycles. The van der Waals surface area contributed by atoms with Crippen LogP contribution in [0.3, 0.4) is 0 Å². The van der Waals surface area contributed by atoms with Crippen molar-refractivity contribution in [2.75, 3.05) is 19.9 Å². The van der Waals surface area contributed by atoms with Gasteiger partial charge in [0.2, 0.25) is 12.6 Å². The van der Waals surface area contributed by atoms with Gasteiger partial charge in [-0.3, -0.25) is 4.79 Å². The van der Waals surface area contributed by atoms with Crippen molar-refractivity contribution >= 4 is 11.9 Å². The van der Waals surface area contributed by atoms with Crippen LogP contribution in [0.15, 0.2) is 36.1 Å². The van der Waals surface area contributed by atoms with Crippen LogP contribution in [0, 0.1) is 0 Å². The van der Waals surface area contributed by atoms with Crippen molar-refractivity contribution in [2.24, 2.45) is 0 Å². The van der Waals surface area contributed by atoms with Crippen molar-refractivity contribution in [3.8, 4) is 23.0 Å². The van der Waals surface area contributed by atoms with Crippen LogP contribution < -0.4 is 24.2 Å². The molecule has 31 heavy (non-hydrogen) atoms. The van der Waals surface area contributed by atoms with Crippen LogP contribution >= 0.6 is 0 Å². The average Bonchev–Trinajstić information content (AvgIpc) is 3.36. The van der Waals surface area contributed by atoms with Crippen molar-refractivity contribution in [3.63, 3.8) is 0 Å². The summed E-state index contributed by atoms with van der Waals surface area (Å²) in [4.78, 5) is 14.3. The van der Waals surface area contributed by atoms with Gasteiger partial charge in [0.05, 0.1) is 18.7 Å². The number of carbonyl (C=O) groups is 1. The van der Waals surface area contributed by atoms with Crippen molar-refractivity contribution < 1.29 is 29.0 Å². The summed E-state index contributed by atoms with van der Waals surface area (Å²) in [6, 6.07) is 8.56. The van der Waals surface area contributed by atoms with Crippen LogP contribution in [-0.4, -0.2) is 25.7 Å². The maximum absolute atomic E-state index is 13.0. The third-order valence-corrected chi connectivity index (χ3v) is 5.79. The number of unbranched alkanes of at least 4 members (excludes halogenated alkanes) is 2. The number of quaternary nitrogens is 1. The zero-order valence-electron chi connectivity index (χ0n) is 18.2. The van der Waals surface area contributed by atoms with E-state index in [1.54, 1.807) is 12.1 Å². The molecule has 0 aromatic heterocycles. The molecule has 2 heterocycles. The lowest BCUT2D eigenvalue weighted by atomic mass is 10.0. The largest absolute Gasteiger partial charge is 0.872 e. The van der Waals surface area contributed by atoms with E-state index in [2.05, 4.69) is 13.8 Å². The molecule has 2 aromatic rings. The monoisotopic (exact) mass is 423 g/mol. The molecule has 0 spiro atoms. The second kappa shape index (κ2) is 9.43. The predicted molar refractivity (Wildman–Crippen MR) is 116 cm³/mol. The molecule has 0 saturated heterocycles. The molecule has 2 aromatic carbocycles. The number of fused-ring (bicyclic) bond motifs is 2. The topological polar surface area (TPSA) is 72.3 Å². The molecular weight excluding hydrogens is 394 g/mol. The van der Waals surface area contributed by atoms with Gasteiger partial charge in [0, 0.05) is 5.56 Å². The smallest absolute Gasteiger partial charge is 0.231 e. The predicted octanol–water partition coefficient (Wildman–Crippen LogP) is 3.09. The van der Waals surface area contributed by atoms with Gasteiger partial charge in [-0.15, -0.1) is 0 Å². The molecule has 6 heteroatoms. The number of Topliss-reactive ketones (excluding diaryl/α,β-unsaturated/α-hetero) is 1. The SMILES string of the molecule is CCCC[NH+](CCCC)Cc1c([O-])ccc2c1OC(=Cc1ccc3c(c1)OCO3)C2=O. The Morgan fingerprint density at radius 3 is 2.52 bits per heavy atom. The first kappa shape index (κ1) is 21.2. The third kappa shape index (κ3) is 4.54. The van der Waals surface area contributed by atoms with Crippen LogP contribution in [0.2, 0.25) is 0 Å². The highest BCUT2D eigenvalue weighted by atomic mass is 16.7. The maximum atomic E-state index is 13.0. The summed E-state index contributed by atoms with van der Waals surface area (Å²) in [5.74, 6) is 1.72. The molecule has 0 saturated carbocycles. The first-order valence-electron chi connectivity index (χ1n) is 11.1. The Morgan fingerprint density at radius 1 is 1.03 bits per heavy atom. The number of hydrogen-bond donors (Lipinski definition) is 1. The van der Waals surface area contributed by atoms with Crippen LogP contribution in [0.4, 0.5) is 0 Å². The van der Waals surface area contributed by atoms with Crippen LogP contribution in [0.5, 0.6) is 23.0 Å². The molecule has 0 radical (unpaired) electrons. The highest BCUT2D eigenvalue weighted by Crippen LogP contribution is 2.39. The lowest BCUT2D eigenvalue weighted by molar-refractivity contribution is -0.914. The minimum absolute atomic E-state index is 0.0682. The lowest BCUT2D eigenvalue weighted by Gasteiger charge is -2.23. The maximum Gasteiger partial charge on any atom is 0.231 e. The molecule has 0 amide bonds. The summed E-state index contributed by atoms with van der Waals surface area (Å²) in [6.07, 6.45) is 6.14. The average molecular weight is 424 g/mol. The number of nitrogens with one attached hydrogen (secondary N) is 1. The normalized spacial score (nSPS) is 15.6. The molecule has 6 nitrogen and oxygen atoms in total. The van der Waals surface area contributed by atoms with Crippen molar-refractivity contribution in [3.05, 3.63) is 52.8 Å². The van der Waals surface area contributed by atoms with Gasteiger partial charge in [-0.2, -0.15) is 0 Å². The van der Waals surface area contributed by atoms with Gasteiger partial charge in [0.15, 0.2) is 17.3 Å². The molecule has 164 valence electrons. The Morgan fingerprint density at radius 2 is 1.77 bits per heavy atom. The van der Waals surface area contributed by atoms with E-state index < -0.39 is 0 Å². The number of allylic oxidation sites excluding steroid dienone is 1. The zero-order valence-corrected chi connectivity index (χ0v) is 18.2.